The molecule has 0 spiro atoms. The maximum Gasteiger partial charge on any atom is 0.252 e. The highest BCUT2D eigenvalue weighted by Gasteiger charge is 2.08. The van der Waals surface area contributed by atoms with Crippen molar-refractivity contribution in [1.29, 1.82) is 0 Å². The Morgan fingerprint density at radius 3 is 2.43 bits per heavy atom. The van der Waals surface area contributed by atoms with Gasteiger partial charge in [-0.15, -0.1) is 0 Å². The Bertz CT molecular complexity index is 775. The van der Waals surface area contributed by atoms with E-state index < -0.39 is 0 Å². The van der Waals surface area contributed by atoms with Gasteiger partial charge in [0.1, 0.15) is 0 Å². The van der Waals surface area contributed by atoms with Crippen LogP contribution in [0.3, 0.4) is 0 Å². The fourth-order valence-corrected chi connectivity index (χ4v) is 2.43. The molecule has 3 heteroatoms. The Balaban J connectivity index is 1.79. The van der Waals surface area contributed by atoms with E-state index in [1.165, 1.54) is 0 Å². The second-order valence-electron chi connectivity index (χ2n) is 4.84. The van der Waals surface area contributed by atoms with Gasteiger partial charge in [0.15, 0.2) is 0 Å². The lowest BCUT2D eigenvalue weighted by atomic mass is 10.0. The summed E-state index contributed by atoms with van der Waals surface area (Å²) in [6, 6.07) is 21.1. The number of rotatable bonds is 3. The van der Waals surface area contributed by atoms with Crippen LogP contribution in [0.25, 0.3) is 10.8 Å². The first kappa shape index (κ1) is 13.7. The predicted octanol–water partition coefficient (Wildman–Crippen LogP) is 4.42. The minimum absolute atomic E-state index is 0.0678. The average Bonchev–Trinajstić information content (AvgIpc) is 2.53. The quantitative estimate of drug-likeness (QED) is 0.761. The Morgan fingerprint density at radius 1 is 0.905 bits per heavy atom. The molecule has 1 amide bonds. The molecule has 0 bridgehead atoms. The van der Waals surface area contributed by atoms with E-state index in [4.69, 9.17) is 11.6 Å². The Morgan fingerprint density at radius 2 is 1.62 bits per heavy atom. The minimum atomic E-state index is -0.0678. The lowest BCUT2D eigenvalue weighted by Gasteiger charge is -2.08. The molecule has 0 aliphatic rings. The van der Waals surface area contributed by atoms with Gasteiger partial charge in [0.2, 0.25) is 0 Å². The molecule has 0 unspecified atom stereocenters. The van der Waals surface area contributed by atoms with Gasteiger partial charge in [0, 0.05) is 17.1 Å². The number of hydrogen-bond donors (Lipinski definition) is 1. The summed E-state index contributed by atoms with van der Waals surface area (Å²) in [6.07, 6.45) is 0. The monoisotopic (exact) mass is 295 g/mol. The van der Waals surface area contributed by atoms with Gasteiger partial charge in [-0.2, -0.15) is 0 Å². The molecule has 0 heterocycles. The standard InChI is InChI=1S/C18H14ClNO/c19-15-10-8-13(9-11-15)12-20-18(21)17-7-3-5-14-4-1-2-6-16(14)17/h1-11H,12H2,(H,20,21). The summed E-state index contributed by atoms with van der Waals surface area (Å²) in [5, 5.41) is 5.67. The van der Waals surface area contributed by atoms with E-state index in [0.717, 1.165) is 16.3 Å². The normalized spacial score (nSPS) is 10.5. The van der Waals surface area contributed by atoms with Crippen molar-refractivity contribution in [2.24, 2.45) is 0 Å². The van der Waals surface area contributed by atoms with E-state index in [-0.39, 0.29) is 5.91 Å². The third-order valence-corrected chi connectivity index (χ3v) is 3.65. The smallest absolute Gasteiger partial charge is 0.252 e. The fourth-order valence-electron chi connectivity index (χ4n) is 2.30. The van der Waals surface area contributed by atoms with Crippen molar-refractivity contribution in [3.63, 3.8) is 0 Å². The molecule has 104 valence electrons. The van der Waals surface area contributed by atoms with Crippen molar-refractivity contribution < 1.29 is 4.79 Å². The van der Waals surface area contributed by atoms with Crippen molar-refractivity contribution in [1.82, 2.24) is 5.32 Å². The highest BCUT2D eigenvalue weighted by molar-refractivity contribution is 6.30. The maximum absolute atomic E-state index is 12.4. The van der Waals surface area contributed by atoms with E-state index in [9.17, 15) is 4.79 Å². The number of benzene rings is 3. The zero-order chi connectivity index (χ0) is 14.7. The van der Waals surface area contributed by atoms with Gasteiger partial charge in [-0.25, -0.2) is 0 Å². The Labute approximate surface area is 128 Å². The topological polar surface area (TPSA) is 29.1 Å². The number of amides is 1. The highest BCUT2D eigenvalue weighted by Crippen LogP contribution is 2.18. The third kappa shape index (κ3) is 3.06. The molecule has 3 aromatic carbocycles. The van der Waals surface area contributed by atoms with Crippen LogP contribution in [-0.4, -0.2) is 5.91 Å². The zero-order valence-electron chi connectivity index (χ0n) is 11.3. The third-order valence-electron chi connectivity index (χ3n) is 3.40. The van der Waals surface area contributed by atoms with Crippen LogP contribution in [0.4, 0.5) is 0 Å². The summed E-state index contributed by atoms with van der Waals surface area (Å²) in [5.74, 6) is -0.0678. The second kappa shape index (κ2) is 5.98. The van der Waals surface area contributed by atoms with Crippen molar-refractivity contribution >= 4 is 28.3 Å². The van der Waals surface area contributed by atoms with Crippen LogP contribution in [0.5, 0.6) is 0 Å². The van der Waals surface area contributed by atoms with Gasteiger partial charge in [-0.05, 0) is 34.5 Å². The maximum atomic E-state index is 12.4. The molecule has 0 aliphatic heterocycles. The molecule has 3 rings (SSSR count). The largest absolute Gasteiger partial charge is 0.348 e. The highest BCUT2D eigenvalue weighted by atomic mass is 35.5. The fraction of sp³-hybridized carbons (Fsp3) is 0.0556. The summed E-state index contributed by atoms with van der Waals surface area (Å²) >= 11 is 5.85. The van der Waals surface area contributed by atoms with Crippen molar-refractivity contribution in [2.75, 3.05) is 0 Å². The molecule has 0 saturated heterocycles. The van der Waals surface area contributed by atoms with Crippen LogP contribution in [0.15, 0.2) is 66.7 Å². The number of fused-ring (bicyclic) bond motifs is 1. The van der Waals surface area contributed by atoms with E-state index in [2.05, 4.69) is 5.32 Å². The summed E-state index contributed by atoms with van der Waals surface area (Å²) in [5.41, 5.74) is 1.72. The van der Waals surface area contributed by atoms with Crippen LogP contribution >= 0.6 is 11.6 Å². The van der Waals surface area contributed by atoms with Gasteiger partial charge < -0.3 is 5.32 Å². The molecule has 3 aromatic rings. The molecule has 0 aliphatic carbocycles. The molecule has 2 nitrogen and oxygen atoms in total. The van der Waals surface area contributed by atoms with Gasteiger partial charge in [-0.3, -0.25) is 4.79 Å². The number of hydrogen-bond acceptors (Lipinski definition) is 1. The molecule has 0 fully saturated rings. The number of halogens is 1. The van der Waals surface area contributed by atoms with Gasteiger partial charge in [0.05, 0.1) is 0 Å². The molecule has 21 heavy (non-hydrogen) atoms. The van der Waals surface area contributed by atoms with E-state index in [1.54, 1.807) is 0 Å². The van der Waals surface area contributed by atoms with Crippen molar-refractivity contribution in [2.45, 2.75) is 6.54 Å². The molecule has 0 atom stereocenters. The zero-order valence-corrected chi connectivity index (χ0v) is 12.1. The summed E-state index contributed by atoms with van der Waals surface area (Å²) in [7, 11) is 0. The molecule has 0 saturated carbocycles. The molecular weight excluding hydrogens is 282 g/mol. The minimum Gasteiger partial charge on any atom is -0.348 e. The van der Waals surface area contributed by atoms with Crippen LogP contribution in [0, 0.1) is 0 Å². The van der Waals surface area contributed by atoms with Gasteiger partial charge >= 0.3 is 0 Å². The van der Waals surface area contributed by atoms with E-state index in [0.29, 0.717) is 17.1 Å². The second-order valence-corrected chi connectivity index (χ2v) is 5.27. The van der Waals surface area contributed by atoms with Gasteiger partial charge in [-0.1, -0.05) is 60.1 Å². The first-order chi connectivity index (χ1) is 10.2. The molecule has 1 N–H and O–H groups in total. The number of nitrogens with one attached hydrogen (secondary N) is 1. The van der Waals surface area contributed by atoms with Crippen molar-refractivity contribution in [3.05, 3.63) is 82.9 Å². The SMILES string of the molecule is O=C(NCc1ccc(Cl)cc1)c1cccc2ccccc12. The van der Waals surface area contributed by atoms with E-state index in [1.807, 2.05) is 66.7 Å². The van der Waals surface area contributed by atoms with E-state index >= 15 is 0 Å². The predicted molar refractivity (Wildman–Crippen MR) is 86.6 cm³/mol. The molecule has 0 aromatic heterocycles. The van der Waals surface area contributed by atoms with Crippen LogP contribution < -0.4 is 5.32 Å². The lowest BCUT2D eigenvalue weighted by Crippen LogP contribution is -2.22. The Kier molecular flexibility index (Phi) is 3.89. The average molecular weight is 296 g/mol. The molecule has 0 radical (unpaired) electrons. The molecular formula is C18H14ClNO. The Hall–Kier alpha value is -2.32. The van der Waals surface area contributed by atoms with Crippen LogP contribution in [0.1, 0.15) is 15.9 Å². The number of carbonyl (C=O) groups excluding carboxylic acids is 1. The first-order valence-electron chi connectivity index (χ1n) is 6.74. The van der Waals surface area contributed by atoms with Crippen molar-refractivity contribution in [3.8, 4) is 0 Å². The lowest BCUT2D eigenvalue weighted by molar-refractivity contribution is 0.0952. The first-order valence-corrected chi connectivity index (χ1v) is 7.12. The van der Waals surface area contributed by atoms with Crippen LogP contribution in [0.2, 0.25) is 5.02 Å². The van der Waals surface area contributed by atoms with Gasteiger partial charge in [0.25, 0.3) is 5.91 Å². The number of carbonyl (C=O) groups is 1. The van der Waals surface area contributed by atoms with Crippen LogP contribution in [-0.2, 0) is 6.54 Å². The summed E-state index contributed by atoms with van der Waals surface area (Å²) in [4.78, 5) is 12.4. The summed E-state index contributed by atoms with van der Waals surface area (Å²) in [6.45, 7) is 0.485. The summed E-state index contributed by atoms with van der Waals surface area (Å²) < 4.78 is 0.